The summed E-state index contributed by atoms with van der Waals surface area (Å²) in [6.07, 6.45) is 0. The van der Waals surface area contributed by atoms with Crippen molar-refractivity contribution >= 4 is 17.5 Å². The number of carbonyl (C=O) groups excluding carboxylic acids is 2. The maximum absolute atomic E-state index is 13.7. The number of nitrogens with zero attached hydrogens (tertiary/aromatic N) is 1. The van der Waals surface area contributed by atoms with Crippen LogP contribution in [0.3, 0.4) is 0 Å². The Labute approximate surface area is 181 Å². The molecule has 4 aliphatic rings. The van der Waals surface area contributed by atoms with Crippen LogP contribution in [0.4, 0.5) is 5.69 Å². The minimum absolute atomic E-state index is 0.110. The second-order valence-corrected chi connectivity index (χ2v) is 9.21. The Hall–Kier alpha value is -3.40. The zero-order valence-electron chi connectivity index (χ0n) is 17.4. The maximum atomic E-state index is 13.7. The molecule has 7 rings (SSSR count). The number of benzene rings is 3. The predicted molar refractivity (Wildman–Crippen MR) is 118 cm³/mol. The van der Waals surface area contributed by atoms with Crippen molar-refractivity contribution in [1.82, 2.24) is 0 Å². The monoisotopic (exact) mass is 409 g/mol. The molecule has 3 aromatic rings. The first kappa shape index (κ1) is 18.4. The summed E-state index contributed by atoms with van der Waals surface area (Å²) in [5.41, 5.74) is 6.51. The molecule has 0 aromatic heterocycles. The lowest BCUT2D eigenvalue weighted by Gasteiger charge is -2.46. The topological polar surface area (TPSA) is 57.6 Å². The fourth-order valence-electron chi connectivity index (χ4n) is 5.96. The summed E-state index contributed by atoms with van der Waals surface area (Å²) in [7, 11) is 0. The van der Waals surface area contributed by atoms with E-state index in [1.54, 1.807) is 12.1 Å². The normalized spacial score (nSPS) is 25.6. The molecular formula is C27H23NO3. The zero-order chi connectivity index (χ0) is 21.4. The van der Waals surface area contributed by atoms with E-state index in [9.17, 15) is 14.7 Å². The van der Waals surface area contributed by atoms with Crippen LogP contribution in [-0.2, 0) is 9.59 Å². The van der Waals surface area contributed by atoms with Gasteiger partial charge in [0.2, 0.25) is 11.8 Å². The number of phenolic OH excluding ortho intramolecular Hbond substituents is 1. The van der Waals surface area contributed by atoms with Crippen molar-refractivity contribution in [3.63, 3.8) is 0 Å². The average Bonchev–Trinajstić information content (AvgIpc) is 3.05. The summed E-state index contributed by atoms with van der Waals surface area (Å²) in [4.78, 5) is 28.7. The lowest BCUT2D eigenvalue weighted by Crippen LogP contribution is -2.41. The lowest BCUT2D eigenvalue weighted by atomic mass is 9.54. The van der Waals surface area contributed by atoms with Gasteiger partial charge in [0, 0.05) is 11.8 Å². The van der Waals surface area contributed by atoms with Crippen LogP contribution in [-0.4, -0.2) is 16.9 Å². The summed E-state index contributed by atoms with van der Waals surface area (Å²) >= 11 is 0. The number of imide groups is 1. The van der Waals surface area contributed by atoms with E-state index in [4.69, 9.17) is 0 Å². The summed E-state index contributed by atoms with van der Waals surface area (Å²) < 4.78 is 0. The third kappa shape index (κ3) is 2.36. The third-order valence-corrected chi connectivity index (χ3v) is 7.34. The molecule has 31 heavy (non-hydrogen) atoms. The van der Waals surface area contributed by atoms with Gasteiger partial charge in [-0.05, 0) is 58.0 Å². The molecule has 0 spiro atoms. The van der Waals surface area contributed by atoms with Crippen LogP contribution in [0.5, 0.6) is 5.75 Å². The van der Waals surface area contributed by atoms with Gasteiger partial charge in [-0.25, -0.2) is 4.90 Å². The van der Waals surface area contributed by atoms with E-state index in [2.05, 4.69) is 44.2 Å². The number of aromatic hydroxyl groups is 1. The number of amides is 2. The van der Waals surface area contributed by atoms with E-state index in [0.29, 0.717) is 11.6 Å². The first-order chi connectivity index (χ1) is 15.0. The molecule has 1 heterocycles. The van der Waals surface area contributed by atoms with Gasteiger partial charge in [0.25, 0.3) is 0 Å². The summed E-state index contributed by atoms with van der Waals surface area (Å²) in [5, 5.41) is 9.65. The molecule has 1 aliphatic heterocycles. The van der Waals surface area contributed by atoms with Crippen molar-refractivity contribution in [3.8, 4) is 5.75 Å². The van der Waals surface area contributed by atoms with Crippen molar-refractivity contribution in [2.24, 2.45) is 11.8 Å². The average molecular weight is 409 g/mol. The molecule has 1 saturated heterocycles. The Morgan fingerprint density at radius 2 is 1.29 bits per heavy atom. The molecule has 3 aliphatic carbocycles. The first-order valence-corrected chi connectivity index (χ1v) is 10.9. The Morgan fingerprint density at radius 1 is 0.742 bits per heavy atom. The van der Waals surface area contributed by atoms with Crippen molar-refractivity contribution in [2.45, 2.75) is 31.6 Å². The van der Waals surface area contributed by atoms with E-state index in [-0.39, 0.29) is 29.4 Å². The molecule has 4 nitrogen and oxygen atoms in total. The number of phenols is 1. The van der Waals surface area contributed by atoms with E-state index in [1.165, 1.54) is 44.8 Å². The highest BCUT2D eigenvalue weighted by Crippen LogP contribution is 2.61. The van der Waals surface area contributed by atoms with E-state index >= 15 is 0 Å². The van der Waals surface area contributed by atoms with Gasteiger partial charge in [0.15, 0.2) is 0 Å². The van der Waals surface area contributed by atoms with E-state index in [0.717, 1.165) is 0 Å². The van der Waals surface area contributed by atoms with Crippen molar-refractivity contribution < 1.29 is 14.7 Å². The molecule has 1 N–H and O–H groups in total. The van der Waals surface area contributed by atoms with Crippen LogP contribution in [0, 0.1) is 11.8 Å². The number of anilines is 1. The molecule has 2 amide bonds. The van der Waals surface area contributed by atoms with Gasteiger partial charge in [-0.3, -0.25) is 9.59 Å². The first-order valence-electron chi connectivity index (χ1n) is 10.9. The molecule has 0 radical (unpaired) electrons. The van der Waals surface area contributed by atoms with Gasteiger partial charge < -0.3 is 5.11 Å². The SMILES string of the molecule is CC(C)c1ccc2c(c1)[C@H]1c3ccccc3[C@H]2[C@@H]2C(=O)N(c3ccc(O)cc3)C(=O)[C@H]12. The molecule has 3 aromatic carbocycles. The van der Waals surface area contributed by atoms with Crippen LogP contribution in [0.25, 0.3) is 0 Å². The minimum Gasteiger partial charge on any atom is -0.508 e. The van der Waals surface area contributed by atoms with Crippen LogP contribution in [0.1, 0.15) is 59.4 Å². The fraction of sp³-hybridized carbons (Fsp3) is 0.259. The Kier molecular flexibility index (Phi) is 3.73. The number of carbonyl (C=O) groups is 2. The largest absolute Gasteiger partial charge is 0.508 e. The summed E-state index contributed by atoms with van der Waals surface area (Å²) in [6, 6.07) is 21.2. The number of rotatable bonds is 2. The smallest absolute Gasteiger partial charge is 0.238 e. The van der Waals surface area contributed by atoms with Gasteiger partial charge in [-0.2, -0.15) is 0 Å². The van der Waals surface area contributed by atoms with Crippen LogP contribution >= 0.6 is 0 Å². The molecule has 0 saturated carbocycles. The second-order valence-electron chi connectivity index (χ2n) is 9.21. The fourth-order valence-corrected chi connectivity index (χ4v) is 5.96. The lowest BCUT2D eigenvalue weighted by molar-refractivity contribution is -0.122. The van der Waals surface area contributed by atoms with Crippen LogP contribution < -0.4 is 4.90 Å². The van der Waals surface area contributed by atoms with Crippen LogP contribution in [0.2, 0.25) is 0 Å². The number of hydrogen-bond donors (Lipinski definition) is 1. The van der Waals surface area contributed by atoms with Gasteiger partial charge in [0.05, 0.1) is 17.5 Å². The highest BCUT2D eigenvalue weighted by Gasteiger charge is 2.61. The summed E-state index contributed by atoms with van der Waals surface area (Å²) in [5.74, 6) is -0.767. The van der Waals surface area contributed by atoms with Crippen molar-refractivity contribution in [1.29, 1.82) is 0 Å². The Balaban J connectivity index is 1.56. The second kappa shape index (κ2) is 6.30. The van der Waals surface area contributed by atoms with E-state index < -0.39 is 11.8 Å². The predicted octanol–water partition coefficient (Wildman–Crippen LogP) is 4.91. The van der Waals surface area contributed by atoms with Gasteiger partial charge >= 0.3 is 0 Å². The minimum atomic E-state index is -0.392. The molecule has 1 fully saturated rings. The Bertz CT molecular complexity index is 1240. The Morgan fingerprint density at radius 3 is 1.87 bits per heavy atom. The molecule has 4 heteroatoms. The van der Waals surface area contributed by atoms with Gasteiger partial charge in [0.1, 0.15) is 5.75 Å². The summed E-state index contributed by atoms with van der Waals surface area (Å²) in [6.45, 7) is 4.35. The number of hydrogen-bond acceptors (Lipinski definition) is 3. The molecule has 4 atom stereocenters. The van der Waals surface area contributed by atoms with Crippen molar-refractivity contribution in [3.05, 3.63) is 94.5 Å². The highest BCUT2D eigenvalue weighted by molar-refractivity contribution is 6.23. The van der Waals surface area contributed by atoms with Gasteiger partial charge in [-0.1, -0.05) is 56.3 Å². The zero-order valence-corrected chi connectivity index (χ0v) is 17.4. The standard InChI is InChI=1S/C27H23NO3/c1-14(2)15-7-12-20-21(13-15)23-19-6-4-3-5-18(19)22(20)24-25(23)27(31)28(26(24)30)16-8-10-17(29)11-9-16/h3-14,22-25,29H,1-2H3/t22-,23-,24+,25-/m1/s1. The van der Waals surface area contributed by atoms with Crippen LogP contribution in [0.15, 0.2) is 66.7 Å². The quantitative estimate of drug-likeness (QED) is 0.612. The van der Waals surface area contributed by atoms with Crippen molar-refractivity contribution in [2.75, 3.05) is 4.90 Å². The molecule has 2 bridgehead atoms. The highest BCUT2D eigenvalue weighted by atomic mass is 16.3. The maximum Gasteiger partial charge on any atom is 0.238 e. The molecule has 154 valence electrons. The molecular weight excluding hydrogens is 386 g/mol. The third-order valence-electron chi connectivity index (χ3n) is 7.34. The van der Waals surface area contributed by atoms with Gasteiger partial charge in [-0.15, -0.1) is 0 Å². The van der Waals surface area contributed by atoms with E-state index in [1.807, 2.05) is 12.1 Å². The molecule has 0 unspecified atom stereocenters.